The van der Waals surface area contributed by atoms with Crippen molar-refractivity contribution in [3.05, 3.63) is 83.0 Å². The number of hydrogen-bond acceptors (Lipinski definition) is 5. The molecule has 5 rings (SSSR count). The number of pyridine rings is 1. The van der Waals surface area contributed by atoms with Crippen LogP contribution in [-0.2, 0) is 21.5 Å². The van der Waals surface area contributed by atoms with E-state index in [1.54, 1.807) is 14.2 Å². The molecule has 1 fully saturated rings. The van der Waals surface area contributed by atoms with Gasteiger partial charge >= 0.3 is 0 Å². The van der Waals surface area contributed by atoms with Gasteiger partial charge in [0.2, 0.25) is 0 Å². The molecular formula is C30H33N3O3. The zero-order valence-electron chi connectivity index (χ0n) is 21.5. The second-order valence-electron chi connectivity index (χ2n) is 9.78. The quantitative estimate of drug-likeness (QED) is 0.408. The van der Waals surface area contributed by atoms with Gasteiger partial charge in [0.15, 0.2) is 5.69 Å². The van der Waals surface area contributed by atoms with Crippen molar-refractivity contribution in [2.24, 2.45) is 0 Å². The molecule has 3 atom stereocenters. The highest BCUT2D eigenvalue weighted by Gasteiger charge is 2.41. The Morgan fingerprint density at radius 2 is 1.72 bits per heavy atom. The van der Waals surface area contributed by atoms with Crippen molar-refractivity contribution >= 4 is 11.4 Å². The van der Waals surface area contributed by atoms with Gasteiger partial charge in [0.1, 0.15) is 11.4 Å². The highest BCUT2D eigenvalue weighted by atomic mass is 16.5. The van der Waals surface area contributed by atoms with E-state index in [0.29, 0.717) is 5.69 Å². The minimum Gasteiger partial charge on any atom is -0.496 e. The third kappa shape index (κ3) is 4.23. The normalized spacial score (nSPS) is 23.6. The van der Waals surface area contributed by atoms with Crippen LogP contribution in [0.3, 0.4) is 0 Å². The van der Waals surface area contributed by atoms with Crippen LogP contribution in [0.1, 0.15) is 43.5 Å². The van der Waals surface area contributed by atoms with E-state index in [4.69, 9.17) is 25.8 Å². The minimum absolute atomic E-state index is 0.219. The first kappa shape index (κ1) is 24.3. The Hall–Kier alpha value is -3.40. The zero-order chi connectivity index (χ0) is 25.3. The second kappa shape index (κ2) is 9.93. The van der Waals surface area contributed by atoms with Gasteiger partial charge in [0.25, 0.3) is 0 Å². The number of hydrogen-bond donors (Lipinski definition) is 0. The van der Waals surface area contributed by atoms with Crippen LogP contribution >= 0.6 is 0 Å². The van der Waals surface area contributed by atoms with E-state index >= 15 is 0 Å². The van der Waals surface area contributed by atoms with Crippen LogP contribution in [0.15, 0.2) is 54.7 Å². The zero-order valence-corrected chi connectivity index (χ0v) is 21.5. The summed E-state index contributed by atoms with van der Waals surface area (Å²) in [6, 6.07) is 16.3. The maximum absolute atomic E-state index is 7.27. The summed E-state index contributed by atoms with van der Waals surface area (Å²) in [5, 5.41) is 0. The van der Waals surface area contributed by atoms with Gasteiger partial charge in [-0.05, 0) is 56.4 Å². The van der Waals surface area contributed by atoms with Crippen molar-refractivity contribution < 1.29 is 14.2 Å². The molecule has 1 aromatic heterocycles. The molecule has 2 heterocycles. The van der Waals surface area contributed by atoms with Gasteiger partial charge in [-0.1, -0.05) is 36.4 Å². The lowest BCUT2D eigenvalue weighted by molar-refractivity contribution is -0.00521. The molecule has 1 unspecified atom stereocenters. The van der Waals surface area contributed by atoms with Gasteiger partial charge in [-0.15, -0.1) is 0 Å². The monoisotopic (exact) mass is 483 g/mol. The van der Waals surface area contributed by atoms with Gasteiger partial charge in [-0.3, -0.25) is 4.98 Å². The molecule has 0 amide bonds. The van der Waals surface area contributed by atoms with Crippen LogP contribution in [0.4, 0.5) is 11.4 Å². The second-order valence-corrected chi connectivity index (χ2v) is 9.78. The molecule has 2 aromatic carbocycles. The summed E-state index contributed by atoms with van der Waals surface area (Å²) in [6.45, 7) is 13.3. The molecule has 1 aliphatic carbocycles. The fourth-order valence-corrected chi connectivity index (χ4v) is 5.83. The van der Waals surface area contributed by atoms with Crippen LogP contribution in [0, 0.1) is 6.57 Å². The molecule has 1 aliphatic heterocycles. The number of nitrogens with zero attached hydrogens (tertiary/aromatic N) is 3. The van der Waals surface area contributed by atoms with Gasteiger partial charge in [-0.2, -0.15) is 0 Å². The molecule has 0 N–H and O–H groups in total. The van der Waals surface area contributed by atoms with E-state index < -0.39 is 5.60 Å². The van der Waals surface area contributed by atoms with Crippen LogP contribution in [-0.4, -0.2) is 44.5 Å². The molecule has 0 radical (unpaired) electrons. The van der Waals surface area contributed by atoms with E-state index in [1.165, 1.54) is 5.69 Å². The summed E-state index contributed by atoms with van der Waals surface area (Å²) in [5.74, 6) is 0.861. The van der Waals surface area contributed by atoms with Crippen molar-refractivity contribution in [2.45, 2.75) is 50.9 Å². The summed E-state index contributed by atoms with van der Waals surface area (Å²) in [4.78, 5) is 10.9. The number of morpholine rings is 1. The summed E-state index contributed by atoms with van der Waals surface area (Å²) in [5.41, 5.74) is 6.24. The van der Waals surface area contributed by atoms with E-state index in [-0.39, 0.29) is 12.2 Å². The van der Waals surface area contributed by atoms with Crippen molar-refractivity contribution in [2.75, 3.05) is 32.2 Å². The maximum atomic E-state index is 7.27. The van der Waals surface area contributed by atoms with Crippen LogP contribution in [0.2, 0.25) is 0 Å². The first-order valence-corrected chi connectivity index (χ1v) is 12.6. The first-order chi connectivity index (χ1) is 17.5. The Balaban J connectivity index is 1.52. The van der Waals surface area contributed by atoms with Gasteiger partial charge in [0, 0.05) is 43.2 Å². The standard InChI is InChI=1S/C30H33N3O3/c1-20-18-33(19-21(2)36-20)25-14-8-22(9-15-25)27-17-32-29-26(28(27)34-4)7-6-16-30(29,35-5)23-10-12-24(31-3)13-11-23/h8-15,17,20-21H,6-7,16,18-19H2,1-2,4-5H3/t20-,21+,30?. The fourth-order valence-electron chi connectivity index (χ4n) is 5.83. The largest absolute Gasteiger partial charge is 0.496 e. The topological polar surface area (TPSA) is 48.2 Å². The Morgan fingerprint density at radius 1 is 1.03 bits per heavy atom. The summed E-state index contributed by atoms with van der Waals surface area (Å²) >= 11 is 0. The van der Waals surface area contributed by atoms with E-state index in [0.717, 1.165) is 66.0 Å². The first-order valence-electron chi connectivity index (χ1n) is 12.6. The van der Waals surface area contributed by atoms with Crippen LogP contribution < -0.4 is 9.64 Å². The van der Waals surface area contributed by atoms with Crippen molar-refractivity contribution in [3.63, 3.8) is 0 Å². The lowest BCUT2D eigenvalue weighted by Gasteiger charge is -2.38. The summed E-state index contributed by atoms with van der Waals surface area (Å²) < 4.78 is 18.1. The Labute approximate surface area is 213 Å². The molecule has 6 nitrogen and oxygen atoms in total. The van der Waals surface area contributed by atoms with Crippen molar-refractivity contribution in [3.8, 4) is 16.9 Å². The molecule has 0 bridgehead atoms. The molecule has 36 heavy (non-hydrogen) atoms. The Morgan fingerprint density at radius 3 is 2.33 bits per heavy atom. The number of fused-ring (bicyclic) bond motifs is 1. The van der Waals surface area contributed by atoms with Gasteiger partial charge in [-0.25, -0.2) is 4.85 Å². The van der Waals surface area contributed by atoms with E-state index in [1.807, 2.05) is 30.5 Å². The van der Waals surface area contributed by atoms with Crippen LogP contribution in [0.25, 0.3) is 16.0 Å². The number of benzene rings is 2. The highest BCUT2D eigenvalue weighted by molar-refractivity contribution is 5.74. The lowest BCUT2D eigenvalue weighted by Crippen LogP contribution is -2.45. The average Bonchev–Trinajstić information content (AvgIpc) is 2.91. The van der Waals surface area contributed by atoms with Crippen molar-refractivity contribution in [1.29, 1.82) is 0 Å². The minimum atomic E-state index is -0.659. The summed E-state index contributed by atoms with van der Waals surface area (Å²) in [7, 11) is 3.48. The van der Waals surface area contributed by atoms with E-state index in [2.05, 4.69) is 47.9 Å². The van der Waals surface area contributed by atoms with Gasteiger partial charge in [0.05, 0.1) is 31.6 Å². The highest BCUT2D eigenvalue weighted by Crippen LogP contribution is 2.47. The average molecular weight is 484 g/mol. The molecule has 0 saturated carbocycles. The predicted molar refractivity (Wildman–Crippen MR) is 142 cm³/mol. The molecule has 3 aromatic rings. The number of rotatable bonds is 5. The molecule has 186 valence electrons. The number of ether oxygens (including phenoxy) is 3. The van der Waals surface area contributed by atoms with Crippen molar-refractivity contribution in [1.82, 2.24) is 4.98 Å². The number of aromatic nitrogens is 1. The molecule has 1 saturated heterocycles. The maximum Gasteiger partial charge on any atom is 0.187 e. The Bertz CT molecular complexity index is 1260. The smallest absolute Gasteiger partial charge is 0.187 e. The van der Waals surface area contributed by atoms with Crippen LogP contribution in [0.5, 0.6) is 5.75 Å². The molecular weight excluding hydrogens is 450 g/mol. The number of anilines is 1. The SMILES string of the molecule is [C-]#[N+]c1ccc(C2(OC)CCCc3c2ncc(-c2ccc(N4C[C@@H](C)O[C@@H](C)C4)cc2)c3OC)cc1. The summed E-state index contributed by atoms with van der Waals surface area (Å²) in [6.07, 6.45) is 5.02. The number of methoxy groups -OCH3 is 2. The third-order valence-electron chi connectivity index (χ3n) is 7.44. The van der Waals surface area contributed by atoms with Gasteiger partial charge < -0.3 is 19.1 Å². The van der Waals surface area contributed by atoms with E-state index in [9.17, 15) is 0 Å². The molecule has 2 aliphatic rings. The molecule has 6 heteroatoms. The molecule has 0 spiro atoms. The predicted octanol–water partition coefficient (Wildman–Crippen LogP) is 6.15. The lowest BCUT2D eigenvalue weighted by atomic mass is 9.77. The fraction of sp³-hybridized carbons (Fsp3) is 0.400. The Kier molecular flexibility index (Phi) is 6.70. The third-order valence-corrected chi connectivity index (χ3v) is 7.44.